The van der Waals surface area contributed by atoms with Crippen LogP contribution in [0.15, 0.2) is 33.8 Å². The molecule has 0 aliphatic heterocycles. The number of fused-ring (bicyclic) bond motifs is 1. The Kier molecular flexibility index (Phi) is 4.66. The van der Waals surface area contributed by atoms with Crippen LogP contribution in [0, 0.1) is 0 Å². The highest BCUT2D eigenvalue weighted by molar-refractivity contribution is 9.10. The van der Waals surface area contributed by atoms with Gasteiger partial charge in [-0.15, -0.1) is 11.8 Å². The van der Waals surface area contributed by atoms with E-state index in [4.69, 9.17) is 10.5 Å². The first-order chi connectivity index (χ1) is 9.11. The van der Waals surface area contributed by atoms with Gasteiger partial charge >= 0.3 is 5.97 Å². The van der Waals surface area contributed by atoms with E-state index in [1.54, 1.807) is 13.1 Å². The van der Waals surface area contributed by atoms with Crippen molar-refractivity contribution in [3.8, 4) is 0 Å². The highest BCUT2D eigenvalue weighted by atomic mass is 79.9. The zero-order valence-electron chi connectivity index (χ0n) is 10.4. The largest absolute Gasteiger partial charge is 0.465 e. The number of esters is 1. The van der Waals surface area contributed by atoms with Crippen molar-refractivity contribution in [2.75, 3.05) is 18.1 Å². The van der Waals surface area contributed by atoms with Crippen LogP contribution >= 0.6 is 27.7 Å². The van der Waals surface area contributed by atoms with Gasteiger partial charge in [0.15, 0.2) is 0 Å². The van der Waals surface area contributed by atoms with E-state index < -0.39 is 0 Å². The Hall–Kier alpha value is -1.27. The molecule has 1 aromatic carbocycles. The molecule has 2 N–H and O–H groups in total. The molecular formula is C13H13BrN2O2S. The van der Waals surface area contributed by atoms with Crippen LogP contribution in [0.2, 0.25) is 0 Å². The van der Waals surface area contributed by atoms with Crippen molar-refractivity contribution >= 4 is 50.3 Å². The molecule has 1 aromatic heterocycles. The minimum atomic E-state index is -0.244. The molecule has 0 amide bonds. The van der Waals surface area contributed by atoms with Crippen LogP contribution in [-0.4, -0.2) is 23.3 Å². The molecule has 0 aliphatic rings. The normalized spacial score (nSPS) is 10.6. The third-order valence-electron chi connectivity index (χ3n) is 2.45. The number of anilines is 1. The number of ether oxygens (including phenoxy) is 1. The molecule has 0 spiro atoms. The fourth-order valence-corrected chi connectivity index (χ4v) is 2.90. The summed E-state index contributed by atoms with van der Waals surface area (Å²) in [5.41, 5.74) is 7.37. The Morgan fingerprint density at radius 1 is 1.53 bits per heavy atom. The topological polar surface area (TPSA) is 65.2 Å². The smallest absolute Gasteiger partial charge is 0.316 e. The summed E-state index contributed by atoms with van der Waals surface area (Å²) in [5.74, 6) is -0.00390. The SMILES string of the molecule is CCOC(=O)CSc1c(N)cnc2ccc(Br)cc12. The van der Waals surface area contributed by atoms with Crippen LogP contribution in [0.3, 0.4) is 0 Å². The number of carbonyl (C=O) groups excluding carboxylic acids is 1. The van der Waals surface area contributed by atoms with Gasteiger partial charge in [-0.2, -0.15) is 0 Å². The Labute approximate surface area is 123 Å². The van der Waals surface area contributed by atoms with Crippen LogP contribution in [-0.2, 0) is 9.53 Å². The number of nitrogen functional groups attached to an aromatic ring is 1. The fraction of sp³-hybridized carbons (Fsp3) is 0.231. The van der Waals surface area contributed by atoms with Crippen molar-refractivity contribution in [1.82, 2.24) is 4.98 Å². The van der Waals surface area contributed by atoms with E-state index >= 15 is 0 Å². The number of aromatic nitrogens is 1. The number of hydrogen-bond acceptors (Lipinski definition) is 5. The highest BCUT2D eigenvalue weighted by Crippen LogP contribution is 2.33. The third-order valence-corrected chi connectivity index (χ3v) is 4.07. The second-order valence-corrected chi connectivity index (χ2v) is 5.70. The van der Waals surface area contributed by atoms with Gasteiger partial charge < -0.3 is 10.5 Å². The highest BCUT2D eigenvalue weighted by Gasteiger charge is 2.11. The first-order valence-electron chi connectivity index (χ1n) is 5.74. The van der Waals surface area contributed by atoms with Gasteiger partial charge in [0.1, 0.15) is 0 Å². The average molecular weight is 341 g/mol. The van der Waals surface area contributed by atoms with Crippen molar-refractivity contribution < 1.29 is 9.53 Å². The van der Waals surface area contributed by atoms with Crippen molar-refractivity contribution in [2.24, 2.45) is 0 Å². The summed E-state index contributed by atoms with van der Waals surface area (Å²) in [5, 5.41) is 0.934. The van der Waals surface area contributed by atoms with E-state index in [9.17, 15) is 4.79 Å². The van der Waals surface area contributed by atoms with E-state index in [1.807, 2.05) is 18.2 Å². The second-order valence-electron chi connectivity index (χ2n) is 3.80. The van der Waals surface area contributed by atoms with E-state index in [0.717, 1.165) is 20.3 Å². The van der Waals surface area contributed by atoms with Crippen molar-refractivity contribution in [2.45, 2.75) is 11.8 Å². The van der Waals surface area contributed by atoms with Crippen LogP contribution in [0.1, 0.15) is 6.92 Å². The lowest BCUT2D eigenvalue weighted by molar-refractivity contribution is -0.139. The molecule has 2 aromatic rings. The summed E-state index contributed by atoms with van der Waals surface area (Å²) >= 11 is 4.80. The zero-order valence-corrected chi connectivity index (χ0v) is 12.8. The molecule has 0 saturated heterocycles. The predicted octanol–water partition coefficient (Wildman–Crippen LogP) is 3.23. The van der Waals surface area contributed by atoms with Gasteiger partial charge in [0.25, 0.3) is 0 Å². The van der Waals surface area contributed by atoms with Gasteiger partial charge in [0, 0.05) is 14.8 Å². The predicted molar refractivity (Wildman–Crippen MR) is 81.2 cm³/mol. The van der Waals surface area contributed by atoms with Gasteiger partial charge in [-0.1, -0.05) is 15.9 Å². The van der Waals surface area contributed by atoms with Crippen LogP contribution in [0.5, 0.6) is 0 Å². The van der Waals surface area contributed by atoms with Crippen LogP contribution < -0.4 is 5.73 Å². The van der Waals surface area contributed by atoms with Crippen LogP contribution in [0.25, 0.3) is 10.9 Å². The number of pyridine rings is 1. The van der Waals surface area contributed by atoms with Gasteiger partial charge in [-0.05, 0) is 25.1 Å². The molecule has 0 bridgehead atoms. The number of rotatable bonds is 4. The molecule has 4 nitrogen and oxygen atoms in total. The lowest BCUT2D eigenvalue weighted by atomic mass is 10.2. The van der Waals surface area contributed by atoms with E-state index in [0.29, 0.717) is 12.3 Å². The number of carbonyl (C=O) groups is 1. The zero-order chi connectivity index (χ0) is 13.8. The molecule has 0 aliphatic carbocycles. The molecule has 0 fully saturated rings. The van der Waals surface area contributed by atoms with Gasteiger partial charge in [0.2, 0.25) is 0 Å². The number of thioether (sulfide) groups is 1. The number of benzene rings is 1. The molecule has 19 heavy (non-hydrogen) atoms. The van der Waals surface area contributed by atoms with Gasteiger partial charge in [-0.3, -0.25) is 9.78 Å². The Balaban J connectivity index is 2.32. The summed E-state index contributed by atoms with van der Waals surface area (Å²) in [7, 11) is 0. The number of nitrogens with zero attached hydrogens (tertiary/aromatic N) is 1. The van der Waals surface area contributed by atoms with E-state index in [-0.39, 0.29) is 11.7 Å². The minimum absolute atomic E-state index is 0.240. The Morgan fingerprint density at radius 3 is 3.05 bits per heavy atom. The number of nitrogens with two attached hydrogens (primary N) is 1. The fourth-order valence-electron chi connectivity index (χ4n) is 1.65. The quantitative estimate of drug-likeness (QED) is 0.683. The summed E-state index contributed by atoms with van der Waals surface area (Å²) in [6.45, 7) is 2.17. The first kappa shape index (κ1) is 14.1. The lowest BCUT2D eigenvalue weighted by Crippen LogP contribution is -2.07. The van der Waals surface area contributed by atoms with E-state index in [1.165, 1.54) is 11.8 Å². The molecule has 6 heteroatoms. The Morgan fingerprint density at radius 2 is 2.32 bits per heavy atom. The minimum Gasteiger partial charge on any atom is -0.465 e. The first-order valence-corrected chi connectivity index (χ1v) is 7.52. The molecular weight excluding hydrogens is 328 g/mol. The maximum absolute atomic E-state index is 11.4. The second kappa shape index (κ2) is 6.25. The Bertz CT molecular complexity index is 614. The molecule has 1 heterocycles. The van der Waals surface area contributed by atoms with Crippen LogP contribution in [0.4, 0.5) is 5.69 Å². The average Bonchev–Trinajstić information content (AvgIpc) is 2.38. The number of halogens is 1. The molecule has 100 valence electrons. The van der Waals surface area contributed by atoms with Gasteiger partial charge in [0.05, 0.1) is 29.8 Å². The van der Waals surface area contributed by atoms with Gasteiger partial charge in [-0.25, -0.2) is 0 Å². The monoisotopic (exact) mass is 340 g/mol. The van der Waals surface area contributed by atoms with Crippen molar-refractivity contribution in [3.63, 3.8) is 0 Å². The van der Waals surface area contributed by atoms with Crippen molar-refractivity contribution in [3.05, 3.63) is 28.9 Å². The molecule has 0 radical (unpaired) electrons. The molecule has 0 unspecified atom stereocenters. The summed E-state index contributed by atoms with van der Waals surface area (Å²) in [6.07, 6.45) is 1.61. The standard InChI is InChI=1S/C13H13BrN2O2S/c1-2-18-12(17)7-19-13-9-5-8(14)3-4-11(9)16-6-10(13)15/h3-6H,2,7,15H2,1H3. The summed E-state index contributed by atoms with van der Waals surface area (Å²) in [4.78, 5) is 16.6. The van der Waals surface area contributed by atoms with E-state index in [2.05, 4.69) is 20.9 Å². The molecule has 0 atom stereocenters. The van der Waals surface area contributed by atoms with Crippen molar-refractivity contribution in [1.29, 1.82) is 0 Å². The molecule has 0 saturated carbocycles. The molecule has 2 rings (SSSR count). The maximum atomic E-state index is 11.4. The lowest BCUT2D eigenvalue weighted by Gasteiger charge is -2.09. The maximum Gasteiger partial charge on any atom is 0.316 e. The summed E-state index contributed by atoms with van der Waals surface area (Å²) < 4.78 is 5.86. The summed E-state index contributed by atoms with van der Waals surface area (Å²) in [6, 6.07) is 5.78. The number of hydrogen-bond donors (Lipinski definition) is 1. The third kappa shape index (κ3) is 3.39.